The van der Waals surface area contributed by atoms with Crippen LogP contribution < -0.4 is 0 Å². The molecular formula is C45H86NO8P. The number of nitrogens with zero attached hydrogens (tertiary/aromatic N) is 1. The number of rotatable bonds is 42. The van der Waals surface area contributed by atoms with Crippen molar-refractivity contribution in [3.63, 3.8) is 0 Å². The molecule has 9 nitrogen and oxygen atoms in total. The van der Waals surface area contributed by atoms with Crippen LogP contribution in [0, 0.1) is 0 Å². The first kappa shape index (κ1) is 53.5. The van der Waals surface area contributed by atoms with Crippen molar-refractivity contribution in [2.24, 2.45) is 0 Å². The Kier molecular flexibility index (Phi) is 39.6. The Morgan fingerprint density at radius 2 is 0.927 bits per heavy atom. The van der Waals surface area contributed by atoms with Crippen LogP contribution in [0.1, 0.15) is 206 Å². The highest BCUT2D eigenvalue weighted by Crippen LogP contribution is 2.43. The molecule has 0 aliphatic carbocycles. The number of ether oxygens (including phenoxy) is 2. The summed E-state index contributed by atoms with van der Waals surface area (Å²) in [5.74, 6) is -0.812. The van der Waals surface area contributed by atoms with E-state index in [2.05, 4.69) is 38.2 Å². The topological polar surface area (TPSA) is 112 Å². The molecule has 0 saturated heterocycles. The van der Waals surface area contributed by atoms with Gasteiger partial charge in [-0.3, -0.25) is 18.6 Å². The van der Waals surface area contributed by atoms with E-state index in [1.165, 1.54) is 109 Å². The monoisotopic (exact) mass is 800 g/mol. The number of esters is 2. The van der Waals surface area contributed by atoms with Crippen molar-refractivity contribution in [1.29, 1.82) is 0 Å². The molecule has 0 spiro atoms. The smallest absolute Gasteiger partial charge is 0.462 e. The highest BCUT2D eigenvalue weighted by molar-refractivity contribution is 7.47. The summed E-state index contributed by atoms with van der Waals surface area (Å²) in [7, 11) is -0.713. The second kappa shape index (κ2) is 40.7. The number of allylic oxidation sites excluding steroid dienone is 4. The van der Waals surface area contributed by atoms with Gasteiger partial charge in [-0.05, 0) is 78.3 Å². The van der Waals surface area contributed by atoms with Crippen LogP contribution in [-0.2, 0) is 32.7 Å². The summed E-state index contributed by atoms with van der Waals surface area (Å²) >= 11 is 0. The van der Waals surface area contributed by atoms with E-state index in [0.717, 1.165) is 64.2 Å². The fraction of sp³-hybridized carbons (Fsp3) is 0.867. The van der Waals surface area contributed by atoms with Gasteiger partial charge in [0.2, 0.25) is 0 Å². The first-order chi connectivity index (χ1) is 26.7. The Balaban J connectivity index is 4.28. The lowest BCUT2D eigenvalue weighted by Crippen LogP contribution is -2.29. The van der Waals surface area contributed by atoms with E-state index in [9.17, 15) is 19.0 Å². The zero-order valence-electron chi connectivity index (χ0n) is 36.1. The summed E-state index contributed by atoms with van der Waals surface area (Å²) in [5, 5.41) is 0. The number of unbranched alkanes of at least 4 members (excludes halogenated alkanes) is 24. The summed E-state index contributed by atoms with van der Waals surface area (Å²) in [6, 6.07) is 0. The maximum absolute atomic E-state index is 12.7. The third-order valence-corrected chi connectivity index (χ3v) is 10.7. The lowest BCUT2D eigenvalue weighted by molar-refractivity contribution is -0.161. The standard InChI is InChI=1S/C45H86NO8P/c1-5-7-9-11-13-15-17-19-21-22-24-26-28-30-32-34-36-38-45(48)54-43(42-53-55(49,50)52-40-39-46(3)4)41-51-44(47)37-35-33-31-29-27-25-23-20-18-16-14-12-10-8-6-2/h19-21,23,43H,5-18,22,24-42H2,1-4H3,(H,49,50)/b21-19-,23-20-. The molecule has 0 aliphatic heterocycles. The molecule has 0 radical (unpaired) electrons. The SMILES string of the molecule is CCCCCCCC/C=C\CCCCCCCCCC(=O)OC(COC(=O)CCCCCCC/C=C\CCCCCCCC)COP(=O)(O)OCCN(C)C. The minimum atomic E-state index is -4.36. The fourth-order valence-electron chi connectivity index (χ4n) is 6.21. The molecule has 0 fully saturated rings. The van der Waals surface area contributed by atoms with E-state index < -0.39 is 26.5 Å². The molecule has 0 aliphatic rings. The summed E-state index contributed by atoms with van der Waals surface area (Å²) < 4.78 is 33.5. The van der Waals surface area contributed by atoms with Crippen molar-refractivity contribution >= 4 is 19.8 Å². The number of phosphoric ester groups is 1. The Hall–Kier alpha value is -1.51. The molecule has 1 N–H and O–H groups in total. The molecule has 2 atom stereocenters. The Labute approximate surface area is 338 Å². The van der Waals surface area contributed by atoms with E-state index in [1.54, 1.807) is 0 Å². The zero-order chi connectivity index (χ0) is 40.5. The molecule has 324 valence electrons. The molecule has 0 amide bonds. The van der Waals surface area contributed by atoms with E-state index >= 15 is 0 Å². The number of hydrogen-bond acceptors (Lipinski definition) is 8. The van der Waals surface area contributed by atoms with Crippen LogP contribution in [-0.4, -0.2) is 68.3 Å². The van der Waals surface area contributed by atoms with Crippen molar-refractivity contribution < 1.29 is 37.6 Å². The number of carbonyl (C=O) groups is 2. The van der Waals surface area contributed by atoms with Crippen LogP contribution in [0.2, 0.25) is 0 Å². The number of carbonyl (C=O) groups excluding carboxylic acids is 2. The van der Waals surface area contributed by atoms with Gasteiger partial charge in [-0.1, -0.05) is 154 Å². The number of likely N-dealkylation sites (N-methyl/N-ethyl adjacent to an activating group) is 1. The molecule has 0 aromatic heterocycles. The van der Waals surface area contributed by atoms with E-state index in [-0.39, 0.29) is 32.0 Å². The average molecular weight is 800 g/mol. The van der Waals surface area contributed by atoms with E-state index in [4.69, 9.17) is 18.5 Å². The quantitative estimate of drug-likeness (QED) is 0.0279. The fourth-order valence-corrected chi connectivity index (χ4v) is 6.95. The van der Waals surface area contributed by atoms with Crippen LogP contribution in [0.5, 0.6) is 0 Å². The van der Waals surface area contributed by atoms with Gasteiger partial charge < -0.3 is 19.3 Å². The van der Waals surface area contributed by atoms with Crippen molar-refractivity contribution in [2.45, 2.75) is 213 Å². The highest BCUT2D eigenvalue weighted by Gasteiger charge is 2.26. The van der Waals surface area contributed by atoms with Gasteiger partial charge in [-0.2, -0.15) is 0 Å². The predicted molar refractivity (Wildman–Crippen MR) is 229 cm³/mol. The van der Waals surface area contributed by atoms with Crippen LogP contribution >= 0.6 is 7.82 Å². The molecule has 0 aromatic rings. The lowest BCUT2D eigenvalue weighted by Gasteiger charge is -2.20. The molecule has 0 bridgehead atoms. The zero-order valence-corrected chi connectivity index (χ0v) is 37.0. The van der Waals surface area contributed by atoms with Gasteiger partial charge in [0.05, 0.1) is 13.2 Å². The van der Waals surface area contributed by atoms with Crippen LogP contribution in [0.3, 0.4) is 0 Å². The van der Waals surface area contributed by atoms with Gasteiger partial charge in [0.1, 0.15) is 6.61 Å². The normalized spacial score (nSPS) is 13.6. The Morgan fingerprint density at radius 1 is 0.545 bits per heavy atom. The summed E-state index contributed by atoms with van der Waals surface area (Å²) in [5.41, 5.74) is 0. The minimum absolute atomic E-state index is 0.00648. The van der Waals surface area contributed by atoms with Gasteiger partial charge in [0, 0.05) is 19.4 Å². The average Bonchev–Trinajstić information content (AvgIpc) is 3.15. The Morgan fingerprint density at radius 3 is 1.35 bits per heavy atom. The molecule has 10 heteroatoms. The minimum Gasteiger partial charge on any atom is -0.462 e. The molecule has 0 aromatic carbocycles. The lowest BCUT2D eigenvalue weighted by atomic mass is 10.1. The number of phosphoric acid groups is 1. The highest BCUT2D eigenvalue weighted by atomic mass is 31.2. The van der Waals surface area contributed by atoms with Gasteiger partial charge >= 0.3 is 19.8 Å². The maximum Gasteiger partial charge on any atom is 0.472 e. The van der Waals surface area contributed by atoms with Gasteiger partial charge in [-0.25, -0.2) is 4.57 Å². The molecular weight excluding hydrogens is 713 g/mol. The third kappa shape index (κ3) is 41.9. The summed E-state index contributed by atoms with van der Waals surface area (Å²) in [6.07, 6.45) is 42.2. The van der Waals surface area contributed by atoms with Crippen LogP contribution in [0.25, 0.3) is 0 Å². The first-order valence-electron chi connectivity index (χ1n) is 22.6. The summed E-state index contributed by atoms with van der Waals surface area (Å²) in [6.45, 7) is 4.31. The van der Waals surface area contributed by atoms with Gasteiger partial charge in [-0.15, -0.1) is 0 Å². The second-order valence-electron chi connectivity index (χ2n) is 15.6. The van der Waals surface area contributed by atoms with Gasteiger partial charge in [0.15, 0.2) is 6.10 Å². The van der Waals surface area contributed by atoms with E-state index in [0.29, 0.717) is 13.0 Å². The molecule has 0 saturated carbocycles. The van der Waals surface area contributed by atoms with Crippen molar-refractivity contribution in [3.05, 3.63) is 24.3 Å². The second-order valence-corrected chi connectivity index (χ2v) is 17.0. The van der Waals surface area contributed by atoms with Crippen molar-refractivity contribution in [3.8, 4) is 0 Å². The third-order valence-electron chi connectivity index (χ3n) is 9.73. The molecule has 0 rings (SSSR count). The predicted octanol–water partition coefficient (Wildman–Crippen LogP) is 13.0. The molecule has 55 heavy (non-hydrogen) atoms. The molecule has 0 heterocycles. The van der Waals surface area contributed by atoms with Crippen LogP contribution in [0.15, 0.2) is 24.3 Å². The first-order valence-corrected chi connectivity index (χ1v) is 24.1. The summed E-state index contributed by atoms with van der Waals surface area (Å²) in [4.78, 5) is 37.0. The maximum atomic E-state index is 12.7. The van der Waals surface area contributed by atoms with E-state index in [1.807, 2.05) is 19.0 Å². The van der Waals surface area contributed by atoms with Gasteiger partial charge in [0.25, 0.3) is 0 Å². The number of hydrogen-bond donors (Lipinski definition) is 1. The van der Waals surface area contributed by atoms with Crippen LogP contribution in [0.4, 0.5) is 0 Å². The molecule has 2 unspecified atom stereocenters. The Bertz CT molecular complexity index is 973. The van der Waals surface area contributed by atoms with Crippen molar-refractivity contribution in [2.75, 3.05) is 40.5 Å². The van der Waals surface area contributed by atoms with Crippen molar-refractivity contribution in [1.82, 2.24) is 4.90 Å². The largest absolute Gasteiger partial charge is 0.472 e.